The molecule has 0 atom stereocenters. The SMILES string of the molecule is CC(=O)c1ncoc1-c1ccc(-c2cc(F)c(N)c(F)c2)c(C)c1C. The molecule has 6 heteroatoms. The third kappa shape index (κ3) is 2.80. The van der Waals surface area contributed by atoms with Crippen molar-refractivity contribution >= 4 is 11.5 Å². The predicted molar refractivity (Wildman–Crippen MR) is 91.2 cm³/mol. The maximum Gasteiger partial charge on any atom is 0.182 e. The molecule has 0 bridgehead atoms. The summed E-state index contributed by atoms with van der Waals surface area (Å²) in [5, 5.41) is 0. The highest BCUT2D eigenvalue weighted by Crippen LogP contribution is 2.35. The van der Waals surface area contributed by atoms with E-state index in [0.29, 0.717) is 22.5 Å². The maximum absolute atomic E-state index is 13.8. The number of hydrogen-bond donors (Lipinski definition) is 1. The summed E-state index contributed by atoms with van der Waals surface area (Å²) >= 11 is 0. The summed E-state index contributed by atoms with van der Waals surface area (Å²) in [5.74, 6) is -1.42. The fourth-order valence-corrected chi connectivity index (χ4v) is 2.81. The van der Waals surface area contributed by atoms with Gasteiger partial charge in [-0.05, 0) is 48.2 Å². The Balaban J connectivity index is 2.16. The van der Waals surface area contributed by atoms with Gasteiger partial charge in [0.25, 0.3) is 0 Å². The van der Waals surface area contributed by atoms with Crippen LogP contribution in [0, 0.1) is 25.5 Å². The van der Waals surface area contributed by atoms with Crippen LogP contribution in [0.15, 0.2) is 35.1 Å². The third-order valence-corrected chi connectivity index (χ3v) is 4.32. The van der Waals surface area contributed by atoms with Crippen molar-refractivity contribution in [3.63, 3.8) is 0 Å². The lowest BCUT2D eigenvalue weighted by molar-refractivity contribution is 0.101. The summed E-state index contributed by atoms with van der Waals surface area (Å²) in [5.41, 5.74) is 8.49. The second kappa shape index (κ2) is 6.12. The molecule has 4 nitrogen and oxygen atoms in total. The number of ketones is 1. The van der Waals surface area contributed by atoms with Crippen LogP contribution in [-0.2, 0) is 0 Å². The van der Waals surface area contributed by atoms with E-state index >= 15 is 0 Å². The van der Waals surface area contributed by atoms with Crippen molar-refractivity contribution in [3.05, 3.63) is 59.1 Å². The molecule has 1 aromatic heterocycles. The molecule has 0 fully saturated rings. The summed E-state index contributed by atoms with van der Waals surface area (Å²) in [6.07, 6.45) is 1.22. The lowest BCUT2D eigenvalue weighted by atomic mass is 9.92. The van der Waals surface area contributed by atoms with E-state index in [1.54, 1.807) is 12.1 Å². The van der Waals surface area contributed by atoms with Gasteiger partial charge in [0.2, 0.25) is 0 Å². The molecule has 0 saturated heterocycles. The Morgan fingerprint density at radius 1 is 1.08 bits per heavy atom. The first-order chi connectivity index (χ1) is 11.8. The molecule has 3 rings (SSSR count). The number of anilines is 1. The average molecular weight is 342 g/mol. The Morgan fingerprint density at radius 3 is 2.24 bits per heavy atom. The molecule has 0 unspecified atom stereocenters. The van der Waals surface area contributed by atoms with Crippen molar-refractivity contribution in [3.8, 4) is 22.5 Å². The number of oxazole rings is 1. The molecule has 3 aromatic rings. The second-order valence-electron chi connectivity index (χ2n) is 5.85. The summed E-state index contributed by atoms with van der Waals surface area (Å²) in [7, 11) is 0. The number of Topliss-reactive ketones (excluding diaryl/α,β-unsaturated/α-hetero) is 1. The summed E-state index contributed by atoms with van der Waals surface area (Å²) in [4.78, 5) is 15.6. The van der Waals surface area contributed by atoms with E-state index in [2.05, 4.69) is 4.98 Å². The molecular formula is C19H16F2N2O2. The zero-order valence-corrected chi connectivity index (χ0v) is 14.0. The van der Waals surface area contributed by atoms with Crippen LogP contribution in [0.5, 0.6) is 0 Å². The largest absolute Gasteiger partial charge is 0.443 e. The monoisotopic (exact) mass is 342 g/mol. The Labute approximate surface area is 143 Å². The smallest absolute Gasteiger partial charge is 0.182 e. The van der Waals surface area contributed by atoms with Gasteiger partial charge in [-0.1, -0.05) is 12.1 Å². The van der Waals surface area contributed by atoms with E-state index in [4.69, 9.17) is 10.2 Å². The Morgan fingerprint density at radius 2 is 1.64 bits per heavy atom. The first-order valence-electron chi connectivity index (χ1n) is 7.61. The predicted octanol–water partition coefficient (Wildman–Crippen LogP) is 4.69. The van der Waals surface area contributed by atoms with E-state index in [-0.39, 0.29) is 11.5 Å². The van der Waals surface area contributed by atoms with Crippen LogP contribution in [0.4, 0.5) is 14.5 Å². The molecule has 128 valence electrons. The third-order valence-electron chi connectivity index (χ3n) is 4.32. The minimum Gasteiger partial charge on any atom is -0.443 e. The quantitative estimate of drug-likeness (QED) is 0.554. The summed E-state index contributed by atoms with van der Waals surface area (Å²) in [6.45, 7) is 5.10. The fraction of sp³-hybridized carbons (Fsp3) is 0.158. The van der Waals surface area contributed by atoms with Crippen LogP contribution in [0.3, 0.4) is 0 Å². The molecule has 2 aromatic carbocycles. The number of benzene rings is 2. The van der Waals surface area contributed by atoms with Crippen LogP contribution in [-0.4, -0.2) is 10.8 Å². The van der Waals surface area contributed by atoms with E-state index in [9.17, 15) is 13.6 Å². The molecule has 0 saturated carbocycles. The van der Waals surface area contributed by atoms with Gasteiger partial charge >= 0.3 is 0 Å². The summed E-state index contributed by atoms with van der Waals surface area (Å²) in [6, 6.07) is 5.88. The highest BCUT2D eigenvalue weighted by molar-refractivity contribution is 5.98. The molecule has 2 N–H and O–H groups in total. The van der Waals surface area contributed by atoms with Gasteiger partial charge in [-0.3, -0.25) is 4.79 Å². The van der Waals surface area contributed by atoms with Crippen LogP contribution in [0.2, 0.25) is 0 Å². The van der Waals surface area contributed by atoms with Crippen molar-refractivity contribution < 1.29 is 18.0 Å². The number of hydrogen-bond acceptors (Lipinski definition) is 4. The van der Waals surface area contributed by atoms with Crippen molar-refractivity contribution in [1.82, 2.24) is 4.98 Å². The van der Waals surface area contributed by atoms with Crippen LogP contribution < -0.4 is 5.73 Å². The number of nitrogen functional groups attached to an aromatic ring is 1. The van der Waals surface area contributed by atoms with Crippen LogP contribution in [0.25, 0.3) is 22.5 Å². The molecule has 1 heterocycles. The molecular weight excluding hydrogens is 326 g/mol. The molecule has 0 spiro atoms. The Kier molecular flexibility index (Phi) is 4.12. The van der Waals surface area contributed by atoms with Crippen molar-refractivity contribution in [1.29, 1.82) is 0 Å². The first kappa shape index (κ1) is 16.8. The number of carbonyl (C=O) groups is 1. The number of nitrogens with zero attached hydrogens (tertiary/aromatic N) is 1. The molecule has 0 radical (unpaired) electrons. The van der Waals surface area contributed by atoms with E-state index in [1.165, 1.54) is 25.5 Å². The second-order valence-corrected chi connectivity index (χ2v) is 5.85. The minimum absolute atomic E-state index is 0.201. The van der Waals surface area contributed by atoms with Gasteiger partial charge in [-0.2, -0.15) is 0 Å². The number of carbonyl (C=O) groups excluding carboxylic acids is 1. The van der Waals surface area contributed by atoms with E-state index in [1.807, 2.05) is 13.8 Å². The first-order valence-corrected chi connectivity index (χ1v) is 7.61. The highest BCUT2D eigenvalue weighted by atomic mass is 19.1. The van der Waals surface area contributed by atoms with Gasteiger partial charge in [0, 0.05) is 12.5 Å². The number of halogens is 2. The van der Waals surface area contributed by atoms with E-state index in [0.717, 1.165) is 11.1 Å². The van der Waals surface area contributed by atoms with Crippen LogP contribution >= 0.6 is 0 Å². The highest BCUT2D eigenvalue weighted by Gasteiger charge is 2.19. The molecule has 0 aliphatic heterocycles. The number of aromatic nitrogens is 1. The lowest BCUT2D eigenvalue weighted by Gasteiger charge is -2.14. The molecule has 0 amide bonds. The fourth-order valence-electron chi connectivity index (χ4n) is 2.81. The van der Waals surface area contributed by atoms with Gasteiger partial charge in [0.05, 0.1) is 0 Å². The summed E-state index contributed by atoms with van der Waals surface area (Å²) < 4.78 is 32.9. The van der Waals surface area contributed by atoms with Gasteiger partial charge in [-0.25, -0.2) is 13.8 Å². The van der Waals surface area contributed by atoms with Gasteiger partial charge < -0.3 is 10.2 Å². The van der Waals surface area contributed by atoms with Gasteiger partial charge in [0.1, 0.15) is 17.3 Å². The van der Waals surface area contributed by atoms with Gasteiger partial charge in [0.15, 0.2) is 23.6 Å². The molecule has 0 aliphatic rings. The topological polar surface area (TPSA) is 69.1 Å². The molecule has 0 aliphatic carbocycles. The average Bonchev–Trinajstić information content (AvgIpc) is 3.04. The molecule has 25 heavy (non-hydrogen) atoms. The normalized spacial score (nSPS) is 10.9. The van der Waals surface area contributed by atoms with Gasteiger partial charge in [-0.15, -0.1) is 0 Å². The minimum atomic E-state index is -0.801. The Hall–Kier alpha value is -3.02. The lowest BCUT2D eigenvalue weighted by Crippen LogP contribution is -1.99. The standard InChI is InChI=1S/C19H16F2N2O2/c1-9-10(2)14(19-18(11(3)24)23-8-25-19)5-4-13(9)12-6-15(20)17(22)16(21)7-12/h4-8H,22H2,1-3H3. The zero-order valence-electron chi connectivity index (χ0n) is 14.0. The van der Waals surface area contributed by atoms with Crippen molar-refractivity contribution in [2.24, 2.45) is 0 Å². The van der Waals surface area contributed by atoms with Crippen molar-refractivity contribution in [2.75, 3.05) is 5.73 Å². The number of rotatable bonds is 3. The van der Waals surface area contributed by atoms with Crippen LogP contribution in [0.1, 0.15) is 28.5 Å². The number of nitrogens with two attached hydrogens (primary N) is 1. The maximum atomic E-state index is 13.8. The zero-order chi connectivity index (χ0) is 18.3. The van der Waals surface area contributed by atoms with Crippen molar-refractivity contribution in [2.45, 2.75) is 20.8 Å². The van der Waals surface area contributed by atoms with E-state index < -0.39 is 17.3 Å². The Bertz CT molecular complexity index is 970.